The van der Waals surface area contributed by atoms with Crippen LogP contribution in [-0.2, 0) is 11.2 Å². The number of halogens is 2. The first-order chi connectivity index (χ1) is 13.1. The molecular formula is C20H18Cl2N4O. The number of carbonyl (C=O) groups excluding carboxylic acids is 1. The van der Waals surface area contributed by atoms with Crippen LogP contribution in [0.25, 0.3) is 10.9 Å². The standard InChI is InChI=1S/C20H18Cl2N4O/c21-15-3-1-2-14(10-15)11-19(27)25-6-8-26(9-7-25)20-17-5-4-16(22)12-18(17)23-13-24-20/h1-5,10,12-13H,6-9,11H2. The van der Waals surface area contributed by atoms with E-state index >= 15 is 0 Å². The van der Waals surface area contributed by atoms with Gasteiger partial charge >= 0.3 is 0 Å². The summed E-state index contributed by atoms with van der Waals surface area (Å²) in [5.74, 6) is 1.01. The number of aromatic nitrogens is 2. The number of benzene rings is 2. The second kappa shape index (κ2) is 7.71. The lowest BCUT2D eigenvalue weighted by Gasteiger charge is -2.35. The molecule has 0 N–H and O–H groups in total. The maximum absolute atomic E-state index is 12.6. The molecule has 1 saturated heterocycles. The zero-order valence-corrected chi connectivity index (χ0v) is 16.1. The summed E-state index contributed by atoms with van der Waals surface area (Å²) in [5, 5.41) is 2.28. The number of piperazine rings is 1. The van der Waals surface area contributed by atoms with Crippen LogP contribution in [0.5, 0.6) is 0 Å². The van der Waals surface area contributed by atoms with E-state index in [1.54, 1.807) is 6.33 Å². The van der Waals surface area contributed by atoms with Gasteiger partial charge in [-0.15, -0.1) is 0 Å². The van der Waals surface area contributed by atoms with Crippen molar-refractivity contribution in [2.24, 2.45) is 0 Å². The first-order valence-corrected chi connectivity index (χ1v) is 9.53. The maximum Gasteiger partial charge on any atom is 0.227 e. The Kier molecular flexibility index (Phi) is 5.14. The summed E-state index contributed by atoms with van der Waals surface area (Å²) < 4.78 is 0. The largest absolute Gasteiger partial charge is 0.352 e. The molecule has 0 aliphatic carbocycles. The molecule has 1 aliphatic heterocycles. The Morgan fingerprint density at radius 2 is 1.74 bits per heavy atom. The van der Waals surface area contributed by atoms with Gasteiger partial charge in [0, 0.05) is 41.6 Å². The van der Waals surface area contributed by atoms with Crippen molar-refractivity contribution in [3.05, 3.63) is 64.4 Å². The normalized spacial score (nSPS) is 14.6. The summed E-state index contributed by atoms with van der Waals surface area (Å²) in [6.07, 6.45) is 1.93. The van der Waals surface area contributed by atoms with Gasteiger partial charge in [0.05, 0.1) is 11.9 Å². The average molecular weight is 401 g/mol. The fourth-order valence-electron chi connectivity index (χ4n) is 3.37. The third kappa shape index (κ3) is 3.99. The molecule has 0 atom stereocenters. The molecular weight excluding hydrogens is 383 g/mol. The van der Waals surface area contributed by atoms with Crippen molar-refractivity contribution in [1.29, 1.82) is 0 Å². The first kappa shape index (κ1) is 18.0. The van der Waals surface area contributed by atoms with Crippen LogP contribution < -0.4 is 4.90 Å². The van der Waals surface area contributed by atoms with Gasteiger partial charge in [0.2, 0.25) is 5.91 Å². The Labute approximate surface area is 167 Å². The molecule has 2 heterocycles. The Morgan fingerprint density at radius 1 is 0.963 bits per heavy atom. The summed E-state index contributed by atoms with van der Waals surface area (Å²) >= 11 is 12.1. The number of hydrogen-bond acceptors (Lipinski definition) is 4. The van der Waals surface area contributed by atoms with E-state index in [2.05, 4.69) is 14.9 Å². The molecule has 7 heteroatoms. The molecule has 3 aromatic rings. The summed E-state index contributed by atoms with van der Waals surface area (Å²) in [7, 11) is 0. The van der Waals surface area contributed by atoms with Gasteiger partial charge in [-0.05, 0) is 35.9 Å². The monoisotopic (exact) mass is 400 g/mol. The number of carbonyl (C=O) groups is 1. The number of fused-ring (bicyclic) bond motifs is 1. The Balaban J connectivity index is 1.44. The van der Waals surface area contributed by atoms with Crippen LogP contribution in [0, 0.1) is 0 Å². The van der Waals surface area contributed by atoms with E-state index in [9.17, 15) is 4.79 Å². The van der Waals surface area contributed by atoms with Crippen molar-refractivity contribution < 1.29 is 4.79 Å². The molecule has 0 unspecified atom stereocenters. The summed E-state index contributed by atoms with van der Waals surface area (Å²) in [4.78, 5) is 25.5. The molecule has 0 spiro atoms. The van der Waals surface area contributed by atoms with Crippen molar-refractivity contribution in [1.82, 2.24) is 14.9 Å². The predicted octanol–water partition coefficient (Wildman–Crippen LogP) is 3.83. The Hall–Kier alpha value is -2.37. The van der Waals surface area contributed by atoms with Crippen LogP contribution in [0.1, 0.15) is 5.56 Å². The first-order valence-electron chi connectivity index (χ1n) is 8.77. The highest BCUT2D eigenvalue weighted by molar-refractivity contribution is 6.31. The van der Waals surface area contributed by atoms with Crippen molar-refractivity contribution in [3.63, 3.8) is 0 Å². The maximum atomic E-state index is 12.6. The second-order valence-electron chi connectivity index (χ2n) is 6.53. The minimum atomic E-state index is 0.122. The van der Waals surface area contributed by atoms with Crippen molar-refractivity contribution in [2.45, 2.75) is 6.42 Å². The number of hydrogen-bond donors (Lipinski definition) is 0. The zero-order valence-electron chi connectivity index (χ0n) is 14.6. The molecule has 2 aromatic carbocycles. The summed E-state index contributed by atoms with van der Waals surface area (Å²) in [5.41, 5.74) is 1.76. The van der Waals surface area contributed by atoms with Crippen molar-refractivity contribution >= 4 is 45.8 Å². The van der Waals surface area contributed by atoms with E-state index < -0.39 is 0 Å². The van der Waals surface area contributed by atoms with Crippen LogP contribution in [0.3, 0.4) is 0 Å². The molecule has 0 saturated carbocycles. The third-order valence-electron chi connectivity index (χ3n) is 4.75. The molecule has 1 fully saturated rings. The van der Waals surface area contributed by atoms with Gasteiger partial charge in [0.25, 0.3) is 0 Å². The van der Waals surface area contributed by atoms with Crippen LogP contribution in [0.15, 0.2) is 48.8 Å². The van der Waals surface area contributed by atoms with Gasteiger partial charge in [0.15, 0.2) is 0 Å². The fourth-order valence-corrected chi connectivity index (χ4v) is 3.75. The highest BCUT2D eigenvalue weighted by Crippen LogP contribution is 2.26. The minimum Gasteiger partial charge on any atom is -0.352 e. The Morgan fingerprint density at radius 3 is 2.52 bits per heavy atom. The molecule has 27 heavy (non-hydrogen) atoms. The van der Waals surface area contributed by atoms with Gasteiger partial charge in [-0.25, -0.2) is 9.97 Å². The smallest absolute Gasteiger partial charge is 0.227 e. The number of rotatable bonds is 3. The third-order valence-corrected chi connectivity index (χ3v) is 5.22. The summed E-state index contributed by atoms with van der Waals surface area (Å²) in [6.45, 7) is 2.79. The Bertz CT molecular complexity index is 987. The molecule has 5 nitrogen and oxygen atoms in total. The van der Waals surface area contributed by atoms with E-state index in [0.29, 0.717) is 29.6 Å². The van der Waals surface area contributed by atoms with E-state index in [0.717, 1.165) is 35.4 Å². The fraction of sp³-hybridized carbons (Fsp3) is 0.250. The lowest BCUT2D eigenvalue weighted by molar-refractivity contribution is -0.130. The molecule has 138 valence electrons. The number of amides is 1. The average Bonchev–Trinajstić information content (AvgIpc) is 2.67. The molecule has 1 aromatic heterocycles. The van der Waals surface area contributed by atoms with Gasteiger partial charge in [-0.2, -0.15) is 0 Å². The lowest BCUT2D eigenvalue weighted by atomic mass is 10.1. The minimum absolute atomic E-state index is 0.122. The van der Waals surface area contributed by atoms with E-state index in [4.69, 9.17) is 23.2 Å². The van der Waals surface area contributed by atoms with Crippen LogP contribution in [0.2, 0.25) is 10.0 Å². The van der Waals surface area contributed by atoms with E-state index in [-0.39, 0.29) is 5.91 Å². The molecule has 4 rings (SSSR count). The van der Waals surface area contributed by atoms with E-state index in [1.165, 1.54) is 0 Å². The van der Waals surface area contributed by atoms with Crippen LogP contribution in [-0.4, -0.2) is 47.0 Å². The van der Waals surface area contributed by atoms with E-state index in [1.807, 2.05) is 47.4 Å². The highest BCUT2D eigenvalue weighted by atomic mass is 35.5. The topological polar surface area (TPSA) is 49.3 Å². The predicted molar refractivity (Wildman–Crippen MR) is 108 cm³/mol. The zero-order chi connectivity index (χ0) is 18.8. The number of nitrogens with zero attached hydrogens (tertiary/aromatic N) is 4. The van der Waals surface area contributed by atoms with Gasteiger partial charge in [-0.1, -0.05) is 35.3 Å². The molecule has 1 aliphatic rings. The lowest BCUT2D eigenvalue weighted by Crippen LogP contribution is -2.49. The summed E-state index contributed by atoms with van der Waals surface area (Å²) in [6, 6.07) is 13.1. The second-order valence-corrected chi connectivity index (χ2v) is 7.41. The SMILES string of the molecule is O=C(Cc1cccc(Cl)c1)N1CCN(c2ncnc3cc(Cl)ccc23)CC1. The highest BCUT2D eigenvalue weighted by Gasteiger charge is 2.23. The van der Waals surface area contributed by atoms with Gasteiger partial charge < -0.3 is 9.80 Å². The van der Waals surface area contributed by atoms with Crippen LogP contribution >= 0.6 is 23.2 Å². The quantitative estimate of drug-likeness (QED) is 0.670. The van der Waals surface area contributed by atoms with Crippen LogP contribution in [0.4, 0.5) is 5.82 Å². The molecule has 0 bridgehead atoms. The number of anilines is 1. The molecule has 1 amide bonds. The van der Waals surface area contributed by atoms with Gasteiger partial charge in [0.1, 0.15) is 12.1 Å². The van der Waals surface area contributed by atoms with Crippen molar-refractivity contribution in [2.75, 3.05) is 31.1 Å². The molecule has 0 radical (unpaired) electrons. The van der Waals surface area contributed by atoms with Gasteiger partial charge in [-0.3, -0.25) is 4.79 Å². The van der Waals surface area contributed by atoms with Crippen molar-refractivity contribution in [3.8, 4) is 0 Å².